The lowest BCUT2D eigenvalue weighted by molar-refractivity contribution is 0.306. The quantitative estimate of drug-likeness (QED) is 0.466. The van der Waals surface area contributed by atoms with Gasteiger partial charge >= 0.3 is 0 Å². The minimum Gasteiger partial charge on any atom is -0.489 e. The molecule has 31 heavy (non-hydrogen) atoms. The van der Waals surface area contributed by atoms with E-state index in [9.17, 15) is 0 Å². The number of hydrazine groups is 1. The summed E-state index contributed by atoms with van der Waals surface area (Å²) >= 11 is 0. The van der Waals surface area contributed by atoms with Crippen molar-refractivity contribution in [2.45, 2.75) is 38.0 Å². The maximum atomic E-state index is 5.93. The van der Waals surface area contributed by atoms with Crippen LogP contribution in [0.3, 0.4) is 0 Å². The highest BCUT2D eigenvalue weighted by Crippen LogP contribution is 2.29. The minimum absolute atomic E-state index is 0.415. The van der Waals surface area contributed by atoms with Crippen molar-refractivity contribution in [3.05, 3.63) is 72.4 Å². The standard InChI is InChI=1S/C24H28N6O/c1-2-6-17(7-3-1)16-31-19-9-4-8-18(14-19)27-24-25-13-12-23(29-24)28-21-10-5-11-22-20(21)15-26-30-22/h1-4,6-9,12-14,20-22,26,30H,5,10-11,15-16H2,(H2,25,27,28,29). The molecule has 3 unspecified atom stereocenters. The summed E-state index contributed by atoms with van der Waals surface area (Å²) in [5.74, 6) is 2.81. The molecule has 2 aliphatic rings. The van der Waals surface area contributed by atoms with Crippen molar-refractivity contribution in [1.29, 1.82) is 0 Å². The van der Waals surface area contributed by atoms with E-state index in [1.54, 1.807) is 6.20 Å². The SMILES string of the molecule is c1ccc(COc2cccc(Nc3nccc(NC4CCCC5NNCC54)n3)c2)cc1. The van der Waals surface area contributed by atoms with Gasteiger partial charge in [-0.2, -0.15) is 4.98 Å². The molecule has 1 aliphatic heterocycles. The third kappa shape index (κ3) is 4.95. The van der Waals surface area contributed by atoms with E-state index < -0.39 is 0 Å². The summed E-state index contributed by atoms with van der Waals surface area (Å²) < 4.78 is 5.93. The van der Waals surface area contributed by atoms with Crippen LogP contribution in [-0.4, -0.2) is 28.6 Å². The topological polar surface area (TPSA) is 83.1 Å². The van der Waals surface area contributed by atoms with E-state index in [1.807, 2.05) is 48.5 Å². The van der Waals surface area contributed by atoms with Gasteiger partial charge in [0.25, 0.3) is 0 Å². The number of nitrogens with one attached hydrogen (secondary N) is 4. The summed E-state index contributed by atoms with van der Waals surface area (Å²) in [7, 11) is 0. The first-order valence-electron chi connectivity index (χ1n) is 11.0. The van der Waals surface area contributed by atoms with E-state index in [0.717, 1.165) is 35.8 Å². The Morgan fingerprint density at radius 1 is 1.03 bits per heavy atom. The molecule has 1 saturated carbocycles. The van der Waals surface area contributed by atoms with E-state index in [2.05, 4.69) is 43.6 Å². The van der Waals surface area contributed by atoms with Crippen LogP contribution in [0.15, 0.2) is 66.9 Å². The molecular weight excluding hydrogens is 388 g/mol. The fourth-order valence-corrected chi connectivity index (χ4v) is 4.44. The second-order valence-corrected chi connectivity index (χ2v) is 8.17. The smallest absolute Gasteiger partial charge is 0.229 e. The number of rotatable bonds is 7. The number of fused-ring (bicyclic) bond motifs is 1. The molecule has 1 saturated heterocycles. The molecule has 1 aliphatic carbocycles. The van der Waals surface area contributed by atoms with Crippen LogP contribution in [0, 0.1) is 5.92 Å². The predicted molar refractivity (Wildman–Crippen MR) is 122 cm³/mol. The predicted octanol–water partition coefficient (Wildman–Crippen LogP) is 3.86. The number of hydrogen-bond donors (Lipinski definition) is 4. The first kappa shape index (κ1) is 19.8. The highest BCUT2D eigenvalue weighted by Gasteiger charge is 2.36. The molecule has 1 aromatic heterocycles. The van der Waals surface area contributed by atoms with E-state index in [-0.39, 0.29) is 0 Å². The second-order valence-electron chi connectivity index (χ2n) is 8.17. The Morgan fingerprint density at radius 2 is 1.97 bits per heavy atom. The van der Waals surface area contributed by atoms with Gasteiger partial charge in [0.1, 0.15) is 18.2 Å². The molecule has 4 N–H and O–H groups in total. The molecule has 7 nitrogen and oxygen atoms in total. The van der Waals surface area contributed by atoms with E-state index in [4.69, 9.17) is 4.74 Å². The van der Waals surface area contributed by atoms with Crippen LogP contribution in [0.5, 0.6) is 5.75 Å². The molecule has 2 aromatic carbocycles. The number of benzene rings is 2. The Kier molecular flexibility index (Phi) is 5.95. The number of nitrogens with zero attached hydrogens (tertiary/aromatic N) is 2. The number of anilines is 3. The van der Waals surface area contributed by atoms with Crippen LogP contribution in [0.1, 0.15) is 24.8 Å². The number of aromatic nitrogens is 2. The van der Waals surface area contributed by atoms with Crippen LogP contribution in [0.4, 0.5) is 17.5 Å². The Labute approximate surface area is 182 Å². The molecule has 0 spiro atoms. The van der Waals surface area contributed by atoms with Crippen LogP contribution in [0.25, 0.3) is 0 Å². The van der Waals surface area contributed by atoms with Gasteiger partial charge in [-0.15, -0.1) is 0 Å². The van der Waals surface area contributed by atoms with Gasteiger partial charge in [-0.25, -0.2) is 4.98 Å². The van der Waals surface area contributed by atoms with Crippen molar-refractivity contribution in [3.63, 3.8) is 0 Å². The van der Waals surface area contributed by atoms with Crippen LogP contribution >= 0.6 is 0 Å². The molecule has 2 fully saturated rings. The first-order valence-corrected chi connectivity index (χ1v) is 11.0. The summed E-state index contributed by atoms with van der Waals surface area (Å²) in [6.07, 6.45) is 5.41. The highest BCUT2D eigenvalue weighted by atomic mass is 16.5. The zero-order valence-corrected chi connectivity index (χ0v) is 17.4. The maximum Gasteiger partial charge on any atom is 0.229 e. The Bertz CT molecular complexity index is 998. The number of hydrogen-bond acceptors (Lipinski definition) is 7. The van der Waals surface area contributed by atoms with Gasteiger partial charge in [0.2, 0.25) is 5.95 Å². The molecule has 160 valence electrons. The van der Waals surface area contributed by atoms with Crippen molar-refractivity contribution in [2.75, 3.05) is 17.2 Å². The second kappa shape index (κ2) is 9.32. The van der Waals surface area contributed by atoms with Gasteiger partial charge in [0.05, 0.1) is 0 Å². The summed E-state index contributed by atoms with van der Waals surface area (Å²) in [6, 6.07) is 20.9. The lowest BCUT2D eigenvalue weighted by Crippen LogP contribution is -2.42. The zero-order valence-electron chi connectivity index (χ0n) is 17.4. The average Bonchev–Trinajstić information content (AvgIpc) is 3.29. The fraction of sp³-hybridized carbons (Fsp3) is 0.333. The van der Waals surface area contributed by atoms with Gasteiger partial charge in [-0.05, 0) is 43.0 Å². The molecular formula is C24H28N6O. The third-order valence-corrected chi connectivity index (χ3v) is 6.02. The molecule has 0 bridgehead atoms. The fourth-order valence-electron chi connectivity index (χ4n) is 4.44. The van der Waals surface area contributed by atoms with Crippen LogP contribution in [-0.2, 0) is 6.61 Å². The van der Waals surface area contributed by atoms with E-state index in [0.29, 0.717) is 30.6 Å². The molecule has 0 amide bonds. The Hall–Kier alpha value is -3.16. The largest absolute Gasteiger partial charge is 0.489 e. The van der Waals surface area contributed by atoms with Crippen LogP contribution in [0.2, 0.25) is 0 Å². The van der Waals surface area contributed by atoms with Gasteiger partial charge in [-0.3, -0.25) is 10.9 Å². The van der Waals surface area contributed by atoms with Gasteiger partial charge in [0, 0.05) is 42.5 Å². The van der Waals surface area contributed by atoms with E-state index in [1.165, 1.54) is 12.8 Å². The van der Waals surface area contributed by atoms with Crippen LogP contribution < -0.4 is 26.2 Å². The lowest BCUT2D eigenvalue weighted by Gasteiger charge is -2.33. The average molecular weight is 417 g/mol. The van der Waals surface area contributed by atoms with Gasteiger partial charge in [0.15, 0.2) is 0 Å². The van der Waals surface area contributed by atoms with Gasteiger partial charge in [-0.1, -0.05) is 36.4 Å². The summed E-state index contributed by atoms with van der Waals surface area (Å²) in [4.78, 5) is 9.07. The van der Waals surface area contributed by atoms with Crippen molar-refractivity contribution in [2.24, 2.45) is 5.92 Å². The summed E-state index contributed by atoms with van der Waals surface area (Å²) in [6.45, 7) is 1.53. The van der Waals surface area contributed by atoms with Crippen molar-refractivity contribution < 1.29 is 4.74 Å². The summed E-state index contributed by atoms with van der Waals surface area (Å²) in [5.41, 5.74) is 8.73. The summed E-state index contributed by atoms with van der Waals surface area (Å²) in [5, 5.41) is 6.93. The maximum absolute atomic E-state index is 5.93. The highest BCUT2D eigenvalue weighted by molar-refractivity contribution is 5.57. The molecule has 2 heterocycles. The Morgan fingerprint density at radius 3 is 2.90 bits per heavy atom. The third-order valence-electron chi connectivity index (χ3n) is 6.02. The van der Waals surface area contributed by atoms with Gasteiger partial charge < -0.3 is 15.4 Å². The van der Waals surface area contributed by atoms with Crippen molar-refractivity contribution in [3.8, 4) is 5.75 Å². The molecule has 3 aromatic rings. The lowest BCUT2D eigenvalue weighted by atomic mass is 9.82. The monoisotopic (exact) mass is 416 g/mol. The number of ether oxygens (including phenoxy) is 1. The molecule has 5 rings (SSSR count). The molecule has 7 heteroatoms. The zero-order chi connectivity index (χ0) is 20.9. The van der Waals surface area contributed by atoms with E-state index >= 15 is 0 Å². The van der Waals surface area contributed by atoms with Crippen molar-refractivity contribution >= 4 is 17.5 Å². The Balaban J connectivity index is 1.22. The molecule has 0 radical (unpaired) electrons. The van der Waals surface area contributed by atoms with Crippen molar-refractivity contribution in [1.82, 2.24) is 20.8 Å². The molecule has 3 atom stereocenters. The minimum atomic E-state index is 0.415. The first-order chi connectivity index (χ1) is 15.3. The normalized spacial score (nSPS) is 22.5.